The Hall–Kier alpha value is -4.21. The molecule has 204 valence electrons. The van der Waals surface area contributed by atoms with Crippen molar-refractivity contribution in [1.29, 1.82) is 0 Å². The fourth-order valence-electron chi connectivity index (χ4n) is 4.63. The van der Waals surface area contributed by atoms with Gasteiger partial charge in [-0.1, -0.05) is 84.6 Å². The first-order valence-corrected chi connectivity index (χ1v) is 15.5. The van der Waals surface area contributed by atoms with Crippen molar-refractivity contribution in [2.24, 2.45) is 20.5 Å². The second-order valence-corrected chi connectivity index (χ2v) is 12.0. The van der Waals surface area contributed by atoms with Crippen LogP contribution in [0, 0.1) is 0 Å². The number of benzene rings is 4. The van der Waals surface area contributed by atoms with Crippen molar-refractivity contribution in [3.63, 3.8) is 0 Å². The number of nitrogens with zero attached hydrogens (tertiary/aromatic N) is 7. The van der Waals surface area contributed by atoms with Gasteiger partial charge in [-0.25, -0.2) is 0 Å². The molecule has 0 unspecified atom stereocenters. The summed E-state index contributed by atoms with van der Waals surface area (Å²) >= 11 is 3.15. The molecular weight excluding hydrogens is 547 g/mol. The van der Waals surface area contributed by atoms with E-state index in [1.165, 1.54) is 39.3 Å². The Morgan fingerprint density at radius 1 is 0.756 bits per heavy atom. The number of hydrogen-bond donors (Lipinski definition) is 0. The summed E-state index contributed by atoms with van der Waals surface area (Å²) in [5.74, 6) is 1.02. The van der Waals surface area contributed by atoms with Crippen LogP contribution in [0.4, 0.5) is 27.9 Å². The highest BCUT2D eigenvalue weighted by Gasteiger charge is 2.19. The van der Waals surface area contributed by atoms with E-state index in [0.717, 1.165) is 53.1 Å². The van der Waals surface area contributed by atoms with Crippen LogP contribution in [0.15, 0.2) is 122 Å². The fourth-order valence-corrected chi connectivity index (χ4v) is 6.22. The number of fused-ring (bicyclic) bond motifs is 1. The fraction of sp³-hybridized carbons (Fsp3) is 0.188. The van der Waals surface area contributed by atoms with Gasteiger partial charge in [0.25, 0.3) is 5.13 Å². The third-order valence-corrected chi connectivity index (χ3v) is 8.84. The summed E-state index contributed by atoms with van der Waals surface area (Å²) in [5, 5.41) is 26.2. The lowest BCUT2D eigenvalue weighted by Gasteiger charge is -2.19. The van der Waals surface area contributed by atoms with Crippen molar-refractivity contribution in [3.8, 4) is 11.1 Å². The molecule has 6 rings (SSSR count). The Morgan fingerprint density at radius 3 is 2.20 bits per heavy atom. The summed E-state index contributed by atoms with van der Waals surface area (Å²) in [7, 11) is 0. The zero-order valence-corrected chi connectivity index (χ0v) is 24.4. The monoisotopic (exact) mass is 575 g/mol. The van der Waals surface area contributed by atoms with Crippen molar-refractivity contribution >= 4 is 51.0 Å². The molecule has 1 aliphatic rings. The smallest absolute Gasteiger partial charge is 0.252 e. The van der Waals surface area contributed by atoms with Crippen LogP contribution in [0.1, 0.15) is 24.5 Å². The normalized spacial score (nSPS) is 13.0. The SMILES string of the molecule is CCCSc1nnc(N=Nc2ccc(N=Nc3ccc4c(c3)CCN4Cc3ccc(-c4ccccc4)cc3)cc2)s1. The molecule has 41 heavy (non-hydrogen) atoms. The van der Waals surface area contributed by atoms with Crippen molar-refractivity contribution in [2.45, 2.75) is 30.6 Å². The van der Waals surface area contributed by atoms with Gasteiger partial charge in [-0.2, -0.15) is 10.2 Å². The van der Waals surface area contributed by atoms with E-state index < -0.39 is 0 Å². The lowest BCUT2D eigenvalue weighted by molar-refractivity contribution is 0.836. The van der Waals surface area contributed by atoms with Crippen LogP contribution in [0.25, 0.3) is 11.1 Å². The number of rotatable bonds is 10. The maximum Gasteiger partial charge on any atom is 0.252 e. The van der Waals surface area contributed by atoms with Gasteiger partial charge in [0.1, 0.15) is 0 Å². The Balaban J connectivity index is 1.05. The predicted molar refractivity (Wildman–Crippen MR) is 169 cm³/mol. The number of aromatic nitrogens is 2. The number of azo groups is 2. The zero-order chi connectivity index (χ0) is 27.9. The van der Waals surface area contributed by atoms with Gasteiger partial charge in [0.15, 0.2) is 4.34 Å². The molecule has 1 aliphatic heterocycles. The average molecular weight is 576 g/mol. The molecule has 4 aromatic carbocycles. The van der Waals surface area contributed by atoms with Crippen molar-refractivity contribution < 1.29 is 0 Å². The van der Waals surface area contributed by atoms with E-state index >= 15 is 0 Å². The average Bonchev–Trinajstić information content (AvgIpc) is 3.66. The second-order valence-electron chi connectivity index (χ2n) is 9.66. The first kappa shape index (κ1) is 27.0. The number of hydrogen-bond acceptors (Lipinski definition) is 9. The van der Waals surface area contributed by atoms with Gasteiger partial charge in [-0.3, -0.25) is 0 Å². The van der Waals surface area contributed by atoms with E-state index in [0.29, 0.717) is 5.13 Å². The molecule has 0 bridgehead atoms. The molecule has 9 heteroatoms. The highest BCUT2D eigenvalue weighted by molar-refractivity contribution is 8.01. The van der Waals surface area contributed by atoms with E-state index in [9.17, 15) is 0 Å². The molecule has 1 aromatic heterocycles. The number of anilines is 1. The Labute approximate surface area is 248 Å². The summed E-state index contributed by atoms with van der Waals surface area (Å²) in [6.45, 7) is 4.04. The molecule has 0 atom stereocenters. The quantitative estimate of drug-likeness (QED) is 0.123. The molecular formula is C32H29N7S2. The molecule has 2 heterocycles. The Bertz CT molecular complexity index is 1650. The molecule has 0 spiro atoms. The van der Waals surface area contributed by atoms with Gasteiger partial charge in [-0.05, 0) is 77.6 Å². The summed E-state index contributed by atoms with van der Waals surface area (Å²) in [6.07, 6.45) is 2.11. The summed E-state index contributed by atoms with van der Waals surface area (Å²) in [5.41, 5.74) is 8.73. The Kier molecular flexibility index (Phi) is 8.54. The van der Waals surface area contributed by atoms with Gasteiger partial charge in [-0.15, -0.1) is 20.4 Å². The first-order valence-electron chi connectivity index (χ1n) is 13.7. The molecule has 0 aliphatic carbocycles. The minimum atomic E-state index is 0.559. The van der Waals surface area contributed by atoms with Crippen LogP contribution in [0.3, 0.4) is 0 Å². The largest absolute Gasteiger partial charge is 0.367 e. The second kappa shape index (κ2) is 13.0. The minimum Gasteiger partial charge on any atom is -0.367 e. The van der Waals surface area contributed by atoms with E-state index in [1.54, 1.807) is 11.8 Å². The van der Waals surface area contributed by atoms with E-state index in [1.807, 2.05) is 36.4 Å². The molecule has 0 amide bonds. The van der Waals surface area contributed by atoms with E-state index in [-0.39, 0.29) is 0 Å². The van der Waals surface area contributed by atoms with E-state index in [2.05, 4.69) is 103 Å². The third kappa shape index (κ3) is 6.93. The first-order chi connectivity index (χ1) is 20.2. The van der Waals surface area contributed by atoms with Gasteiger partial charge < -0.3 is 4.90 Å². The molecule has 0 saturated heterocycles. The highest BCUT2D eigenvalue weighted by atomic mass is 32.2. The lowest BCUT2D eigenvalue weighted by atomic mass is 10.0. The van der Waals surface area contributed by atoms with E-state index in [4.69, 9.17) is 0 Å². The Morgan fingerprint density at radius 2 is 1.44 bits per heavy atom. The van der Waals surface area contributed by atoms with Crippen molar-refractivity contribution in [3.05, 3.63) is 108 Å². The van der Waals surface area contributed by atoms with Crippen LogP contribution in [0.5, 0.6) is 0 Å². The maximum absolute atomic E-state index is 4.49. The van der Waals surface area contributed by atoms with Gasteiger partial charge in [0.2, 0.25) is 0 Å². The van der Waals surface area contributed by atoms with Crippen molar-refractivity contribution in [2.75, 3.05) is 17.2 Å². The standard InChI is InChI=1S/C32H29N7S2/c1-2-20-40-32-38-37-31(41-32)36-34-28-14-12-27(13-15-28)33-35-29-16-17-30-26(21-29)18-19-39(30)22-23-8-10-25(11-9-23)24-6-4-3-5-7-24/h3-17,21H,2,18-20,22H2,1H3. The molecule has 7 nitrogen and oxygen atoms in total. The number of thioether (sulfide) groups is 1. The maximum atomic E-state index is 4.49. The zero-order valence-electron chi connectivity index (χ0n) is 22.7. The van der Waals surface area contributed by atoms with Crippen molar-refractivity contribution in [1.82, 2.24) is 10.2 Å². The van der Waals surface area contributed by atoms with Gasteiger partial charge in [0.05, 0.1) is 17.1 Å². The van der Waals surface area contributed by atoms with Crippen LogP contribution >= 0.6 is 23.1 Å². The molecule has 5 aromatic rings. The van der Waals surface area contributed by atoms with Gasteiger partial charge in [0, 0.05) is 24.5 Å². The summed E-state index contributed by atoms with van der Waals surface area (Å²) in [4.78, 5) is 2.44. The van der Waals surface area contributed by atoms with Gasteiger partial charge >= 0.3 is 0 Å². The van der Waals surface area contributed by atoms with Crippen LogP contribution in [-0.4, -0.2) is 22.5 Å². The molecule has 0 radical (unpaired) electrons. The van der Waals surface area contributed by atoms with Crippen LogP contribution in [0.2, 0.25) is 0 Å². The molecule has 0 saturated carbocycles. The predicted octanol–water partition coefficient (Wildman–Crippen LogP) is 10.1. The molecule has 0 N–H and O–H groups in total. The highest BCUT2D eigenvalue weighted by Crippen LogP contribution is 2.34. The van der Waals surface area contributed by atoms with Crippen LogP contribution < -0.4 is 4.90 Å². The summed E-state index contributed by atoms with van der Waals surface area (Å²) in [6, 6.07) is 33.3. The molecule has 0 fully saturated rings. The third-order valence-electron chi connectivity index (χ3n) is 6.70. The summed E-state index contributed by atoms with van der Waals surface area (Å²) < 4.78 is 0.921. The van der Waals surface area contributed by atoms with Crippen LogP contribution in [-0.2, 0) is 13.0 Å². The topological polar surface area (TPSA) is 78.5 Å². The lowest BCUT2D eigenvalue weighted by Crippen LogP contribution is -2.19. The minimum absolute atomic E-state index is 0.559.